The number of piperazine rings is 1. The molecule has 2 fully saturated rings. The van der Waals surface area contributed by atoms with Gasteiger partial charge in [-0.15, -0.1) is 0 Å². The quantitative estimate of drug-likeness (QED) is 0.794. The van der Waals surface area contributed by atoms with E-state index in [4.69, 9.17) is 11.6 Å². The van der Waals surface area contributed by atoms with Gasteiger partial charge in [0, 0.05) is 22.8 Å². The Morgan fingerprint density at radius 3 is 2.78 bits per heavy atom. The minimum Gasteiger partial charge on any atom is -0.350 e. The minimum absolute atomic E-state index is 0.0785. The first-order valence-corrected chi connectivity index (χ1v) is 8.53. The number of halogens is 1. The third-order valence-corrected chi connectivity index (χ3v) is 5.08. The summed E-state index contributed by atoms with van der Waals surface area (Å²) in [7, 11) is 0. The molecule has 23 heavy (non-hydrogen) atoms. The Morgan fingerprint density at radius 2 is 2.04 bits per heavy atom. The first-order valence-electron chi connectivity index (χ1n) is 8.15. The van der Waals surface area contributed by atoms with Gasteiger partial charge in [0.2, 0.25) is 11.8 Å². The lowest BCUT2D eigenvalue weighted by Gasteiger charge is -2.40. The monoisotopic (exact) mass is 335 g/mol. The molecular formula is C17H22ClN3O2. The molecule has 1 saturated carbocycles. The summed E-state index contributed by atoms with van der Waals surface area (Å²) in [5, 5.41) is 9.81. The molecule has 1 aliphatic carbocycles. The fourth-order valence-corrected chi connectivity index (χ4v) is 3.52. The second kappa shape index (κ2) is 6.89. The second-order valence-corrected chi connectivity index (χ2v) is 6.85. The Kier molecular flexibility index (Phi) is 4.87. The predicted octanol–water partition coefficient (Wildman–Crippen LogP) is 2.38. The van der Waals surface area contributed by atoms with Crippen LogP contribution in [0.15, 0.2) is 18.2 Å². The Morgan fingerprint density at radius 1 is 1.30 bits per heavy atom. The van der Waals surface area contributed by atoms with Crippen molar-refractivity contribution in [3.8, 4) is 0 Å². The maximum atomic E-state index is 12.2. The third kappa shape index (κ3) is 3.85. The molecule has 1 aromatic carbocycles. The first-order chi connectivity index (χ1) is 11.0. The highest BCUT2D eigenvalue weighted by molar-refractivity contribution is 6.31. The van der Waals surface area contributed by atoms with Crippen LogP contribution in [0.3, 0.4) is 0 Å². The molecule has 0 bridgehead atoms. The Balaban J connectivity index is 1.58. The number of nitrogens with one attached hydrogen (secondary N) is 3. The number of amides is 2. The van der Waals surface area contributed by atoms with E-state index in [-0.39, 0.29) is 30.3 Å². The van der Waals surface area contributed by atoms with Gasteiger partial charge < -0.3 is 16.0 Å². The van der Waals surface area contributed by atoms with Crippen LogP contribution in [-0.4, -0.2) is 29.9 Å². The average Bonchev–Trinajstić information content (AvgIpc) is 2.51. The maximum absolute atomic E-state index is 12.2. The summed E-state index contributed by atoms with van der Waals surface area (Å²) in [5.74, 6) is -0.267. The van der Waals surface area contributed by atoms with Gasteiger partial charge in [0.15, 0.2) is 0 Å². The highest BCUT2D eigenvalue weighted by atomic mass is 35.5. The number of fused-ring (bicyclic) bond motifs is 1. The van der Waals surface area contributed by atoms with Crippen molar-refractivity contribution in [2.45, 2.75) is 57.2 Å². The molecule has 1 aromatic rings. The fraction of sp³-hybridized carbons (Fsp3) is 0.529. The van der Waals surface area contributed by atoms with E-state index >= 15 is 0 Å². The largest absolute Gasteiger partial charge is 0.350 e. The van der Waals surface area contributed by atoms with Crippen LogP contribution in [-0.2, 0) is 9.59 Å². The summed E-state index contributed by atoms with van der Waals surface area (Å²) in [6.07, 6.45) is 4.52. The van der Waals surface area contributed by atoms with Crippen molar-refractivity contribution in [1.29, 1.82) is 0 Å². The summed E-state index contributed by atoms with van der Waals surface area (Å²) in [6.45, 7) is 1.91. The molecule has 0 unspecified atom stereocenters. The molecule has 1 aliphatic heterocycles. The first kappa shape index (κ1) is 16.3. The molecule has 2 amide bonds. The van der Waals surface area contributed by atoms with Gasteiger partial charge in [0.1, 0.15) is 0 Å². The summed E-state index contributed by atoms with van der Waals surface area (Å²) in [5.41, 5.74) is 1.61. The van der Waals surface area contributed by atoms with Gasteiger partial charge >= 0.3 is 0 Å². The number of carbonyl (C=O) groups excluding carboxylic acids is 2. The second-order valence-electron chi connectivity index (χ2n) is 6.44. The van der Waals surface area contributed by atoms with Crippen molar-refractivity contribution in [1.82, 2.24) is 10.6 Å². The number of hydrogen-bond donors (Lipinski definition) is 3. The van der Waals surface area contributed by atoms with Crippen molar-refractivity contribution < 1.29 is 9.59 Å². The lowest BCUT2D eigenvalue weighted by Crippen LogP contribution is -2.65. The molecule has 0 spiro atoms. The van der Waals surface area contributed by atoms with Crippen LogP contribution in [0.25, 0.3) is 0 Å². The zero-order chi connectivity index (χ0) is 16.4. The van der Waals surface area contributed by atoms with E-state index in [2.05, 4.69) is 16.0 Å². The van der Waals surface area contributed by atoms with Crippen molar-refractivity contribution in [2.75, 3.05) is 5.32 Å². The summed E-state index contributed by atoms with van der Waals surface area (Å²) < 4.78 is 0. The van der Waals surface area contributed by atoms with Gasteiger partial charge in [-0.25, -0.2) is 0 Å². The smallest absolute Gasteiger partial charge is 0.237 e. The zero-order valence-electron chi connectivity index (χ0n) is 13.2. The summed E-state index contributed by atoms with van der Waals surface area (Å²) in [6, 6.07) is 5.43. The molecule has 1 saturated heterocycles. The molecule has 6 heteroatoms. The Labute approximate surface area is 141 Å². The number of aryl methyl sites for hydroxylation is 1. The van der Waals surface area contributed by atoms with Crippen LogP contribution < -0.4 is 16.0 Å². The highest BCUT2D eigenvalue weighted by Crippen LogP contribution is 2.23. The molecule has 3 N–H and O–H groups in total. The minimum atomic E-state index is -0.463. The Bertz CT molecular complexity index is 620. The van der Waals surface area contributed by atoms with E-state index < -0.39 is 6.04 Å². The Hall–Kier alpha value is -1.59. The number of benzene rings is 1. The van der Waals surface area contributed by atoms with Crippen molar-refractivity contribution in [3.05, 3.63) is 28.8 Å². The standard InChI is InChI=1S/C17H22ClN3O2/c1-10-6-7-11(8-12(10)18)19-16(22)9-15-17(23)21-14-5-3-2-4-13(14)20-15/h6-8,13-15,20H,2-5,9H2,1H3,(H,19,22)(H,21,23)/t13-,14+,15+/m0/s1. The normalized spacial score (nSPS) is 27.0. The fourth-order valence-electron chi connectivity index (χ4n) is 3.34. The van der Waals surface area contributed by atoms with Gasteiger partial charge in [-0.1, -0.05) is 30.5 Å². The van der Waals surface area contributed by atoms with Crippen LogP contribution in [0.2, 0.25) is 5.02 Å². The van der Waals surface area contributed by atoms with Gasteiger partial charge in [0.25, 0.3) is 0 Å². The molecule has 3 rings (SSSR count). The summed E-state index contributed by atoms with van der Waals surface area (Å²) in [4.78, 5) is 24.4. The summed E-state index contributed by atoms with van der Waals surface area (Å²) >= 11 is 6.06. The lowest BCUT2D eigenvalue weighted by atomic mass is 9.87. The highest BCUT2D eigenvalue weighted by Gasteiger charge is 2.36. The average molecular weight is 336 g/mol. The molecule has 0 aromatic heterocycles. The van der Waals surface area contributed by atoms with Crippen LogP contribution in [0.4, 0.5) is 5.69 Å². The molecule has 0 radical (unpaired) electrons. The van der Waals surface area contributed by atoms with Crippen molar-refractivity contribution >= 4 is 29.1 Å². The van der Waals surface area contributed by atoms with Gasteiger partial charge in [0.05, 0.1) is 12.5 Å². The van der Waals surface area contributed by atoms with Gasteiger partial charge in [-0.2, -0.15) is 0 Å². The number of rotatable bonds is 3. The number of anilines is 1. The van der Waals surface area contributed by atoms with Gasteiger partial charge in [-0.05, 0) is 37.5 Å². The van der Waals surface area contributed by atoms with Crippen molar-refractivity contribution in [2.24, 2.45) is 0 Å². The lowest BCUT2D eigenvalue weighted by molar-refractivity contribution is -0.129. The van der Waals surface area contributed by atoms with E-state index in [1.165, 1.54) is 6.42 Å². The van der Waals surface area contributed by atoms with Crippen LogP contribution in [0.1, 0.15) is 37.7 Å². The van der Waals surface area contributed by atoms with E-state index in [0.29, 0.717) is 10.7 Å². The van der Waals surface area contributed by atoms with E-state index in [9.17, 15) is 9.59 Å². The SMILES string of the molecule is Cc1ccc(NC(=O)C[C@H]2N[C@H]3CCCC[C@H]3NC2=O)cc1Cl. The van der Waals surface area contributed by atoms with Crippen molar-refractivity contribution in [3.63, 3.8) is 0 Å². The number of hydrogen-bond acceptors (Lipinski definition) is 3. The zero-order valence-corrected chi connectivity index (χ0v) is 14.0. The third-order valence-electron chi connectivity index (χ3n) is 4.67. The topological polar surface area (TPSA) is 70.2 Å². The maximum Gasteiger partial charge on any atom is 0.237 e. The molecule has 124 valence electrons. The van der Waals surface area contributed by atoms with Crippen LogP contribution in [0, 0.1) is 6.92 Å². The van der Waals surface area contributed by atoms with Crippen LogP contribution >= 0.6 is 11.6 Å². The molecular weight excluding hydrogens is 314 g/mol. The molecule has 2 aliphatic rings. The van der Waals surface area contributed by atoms with E-state index in [0.717, 1.165) is 24.8 Å². The predicted molar refractivity (Wildman–Crippen MR) is 90.5 cm³/mol. The number of carbonyl (C=O) groups is 2. The van der Waals surface area contributed by atoms with Gasteiger partial charge in [-0.3, -0.25) is 9.59 Å². The van der Waals surface area contributed by atoms with Crippen LogP contribution in [0.5, 0.6) is 0 Å². The molecule has 3 atom stereocenters. The molecule has 5 nitrogen and oxygen atoms in total. The van der Waals surface area contributed by atoms with E-state index in [1.807, 2.05) is 19.1 Å². The molecule has 1 heterocycles. The van der Waals surface area contributed by atoms with E-state index in [1.54, 1.807) is 6.07 Å².